The molecule has 0 aliphatic heterocycles. The molecular formula is C14H14N4O3S. The number of nitrogens with zero attached hydrogens (tertiary/aromatic N) is 2. The van der Waals surface area contributed by atoms with Crippen molar-refractivity contribution in [3.8, 4) is 0 Å². The molecule has 0 radical (unpaired) electrons. The minimum absolute atomic E-state index is 0.357. The van der Waals surface area contributed by atoms with E-state index >= 15 is 0 Å². The summed E-state index contributed by atoms with van der Waals surface area (Å²) in [5.74, 6) is -0.357. The molecule has 1 aromatic carbocycles. The first-order valence-corrected chi connectivity index (χ1v) is 8.14. The Morgan fingerprint density at radius 1 is 1.23 bits per heavy atom. The molecule has 0 atom stereocenters. The van der Waals surface area contributed by atoms with E-state index < -0.39 is 10.0 Å². The fourth-order valence-electron chi connectivity index (χ4n) is 1.63. The first kappa shape index (κ1) is 15.6. The van der Waals surface area contributed by atoms with Crippen LogP contribution in [0.1, 0.15) is 15.9 Å². The third-order valence-electron chi connectivity index (χ3n) is 2.51. The Morgan fingerprint density at radius 2 is 1.95 bits per heavy atom. The molecule has 114 valence electrons. The van der Waals surface area contributed by atoms with Gasteiger partial charge < -0.3 is 0 Å². The maximum atomic E-state index is 11.7. The van der Waals surface area contributed by atoms with Gasteiger partial charge in [-0.05, 0) is 29.8 Å². The average Bonchev–Trinajstić information content (AvgIpc) is 2.47. The smallest absolute Gasteiger partial charge is 0.271 e. The molecule has 1 heterocycles. The number of nitrogens with one attached hydrogen (secondary N) is 2. The SMILES string of the molecule is CS(=O)(=O)Nc1cccc(/C=N\NC(=O)c2ccncc2)c1. The Hall–Kier alpha value is -2.74. The second-order valence-electron chi connectivity index (χ2n) is 4.43. The van der Waals surface area contributed by atoms with Crippen LogP contribution in [-0.2, 0) is 10.0 Å². The topological polar surface area (TPSA) is 101 Å². The predicted molar refractivity (Wildman–Crippen MR) is 84.2 cm³/mol. The van der Waals surface area contributed by atoms with Crippen molar-refractivity contribution in [2.24, 2.45) is 5.10 Å². The van der Waals surface area contributed by atoms with E-state index in [0.29, 0.717) is 16.8 Å². The van der Waals surface area contributed by atoms with E-state index in [4.69, 9.17) is 0 Å². The zero-order valence-electron chi connectivity index (χ0n) is 11.7. The molecule has 0 spiro atoms. The largest absolute Gasteiger partial charge is 0.284 e. The van der Waals surface area contributed by atoms with E-state index in [1.165, 1.54) is 18.6 Å². The Labute approximate surface area is 128 Å². The lowest BCUT2D eigenvalue weighted by Crippen LogP contribution is -2.17. The Morgan fingerprint density at radius 3 is 2.64 bits per heavy atom. The van der Waals surface area contributed by atoms with Crippen LogP contribution in [0.25, 0.3) is 0 Å². The van der Waals surface area contributed by atoms with Gasteiger partial charge in [0, 0.05) is 23.6 Å². The van der Waals surface area contributed by atoms with Crippen molar-refractivity contribution in [1.29, 1.82) is 0 Å². The monoisotopic (exact) mass is 318 g/mol. The summed E-state index contributed by atoms with van der Waals surface area (Å²) in [5.41, 5.74) is 3.89. The van der Waals surface area contributed by atoms with Gasteiger partial charge in [-0.2, -0.15) is 5.10 Å². The minimum Gasteiger partial charge on any atom is -0.284 e. The van der Waals surface area contributed by atoms with Gasteiger partial charge in [-0.3, -0.25) is 14.5 Å². The molecule has 0 fully saturated rings. The highest BCUT2D eigenvalue weighted by atomic mass is 32.2. The lowest BCUT2D eigenvalue weighted by Gasteiger charge is -2.04. The van der Waals surface area contributed by atoms with Crippen LogP contribution in [0.2, 0.25) is 0 Å². The predicted octanol–water partition coefficient (Wildman–Crippen LogP) is 1.22. The van der Waals surface area contributed by atoms with Crippen molar-refractivity contribution in [2.45, 2.75) is 0 Å². The van der Waals surface area contributed by atoms with E-state index in [9.17, 15) is 13.2 Å². The van der Waals surface area contributed by atoms with Crippen LogP contribution in [0.3, 0.4) is 0 Å². The fourth-order valence-corrected chi connectivity index (χ4v) is 2.18. The van der Waals surface area contributed by atoms with E-state index in [-0.39, 0.29) is 5.91 Å². The molecule has 22 heavy (non-hydrogen) atoms. The number of aromatic nitrogens is 1. The van der Waals surface area contributed by atoms with Crippen LogP contribution in [0.15, 0.2) is 53.9 Å². The van der Waals surface area contributed by atoms with Gasteiger partial charge in [0.2, 0.25) is 10.0 Å². The number of rotatable bonds is 5. The van der Waals surface area contributed by atoms with Gasteiger partial charge >= 0.3 is 0 Å². The quantitative estimate of drug-likeness (QED) is 0.639. The zero-order valence-corrected chi connectivity index (χ0v) is 12.5. The van der Waals surface area contributed by atoms with E-state index in [1.807, 2.05) is 0 Å². The number of hydrazone groups is 1. The van der Waals surface area contributed by atoms with E-state index in [0.717, 1.165) is 6.26 Å². The highest BCUT2D eigenvalue weighted by Gasteiger charge is 2.03. The van der Waals surface area contributed by atoms with Gasteiger partial charge in [-0.25, -0.2) is 13.8 Å². The lowest BCUT2D eigenvalue weighted by molar-refractivity contribution is 0.0955. The molecule has 0 aliphatic carbocycles. The van der Waals surface area contributed by atoms with Crippen LogP contribution >= 0.6 is 0 Å². The summed E-state index contributed by atoms with van der Waals surface area (Å²) < 4.78 is 24.7. The number of carbonyl (C=O) groups is 1. The molecule has 0 unspecified atom stereocenters. The number of benzene rings is 1. The fraction of sp³-hybridized carbons (Fsp3) is 0.0714. The summed E-state index contributed by atoms with van der Waals surface area (Å²) in [6.45, 7) is 0. The van der Waals surface area contributed by atoms with Gasteiger partial charge in [0.05, 0.1) is 12.5 Å². The van der Waals surface area contributed by atoms with Crippen molar-refractivity contribution in [2.75, 3.05) is 11.0 Å². The molecule has 0 aliphatic rings. The summed E-state index contributed by atoms with van der Waals surface area (Å²) in [6.07, 6.45) is 5.52. The molecule has 0 saturated heterocycles. The molecule has 0 bridgehead atoms. The van der Waals surface area contributed by atoms with Crippen molar-refractivity contribution in [1.82, 2.24) is 10.4 Å². The second-order valence-corrected chi connectivity index (χ2v) is 6.18. The van der Waals surface area contributed by atoms with Crippen molar-refractivity contribution >= 4 is 27.8 Å². The summed E-state index contributed by atoms with van der Waals surface area (Å²) in [4.78, 5) is 15.6. The summed E-state index contributed by atoms with van der Waals surface area (Å²) in [5, 5.41) is 3.83. The number of carbonyl (C=O) groups excluding carboxylic acids is 1. The van der Waals surface area contributed by atoms with Crippen LogP contribution in [0.4, 0.5) is 5.69 Å². The summed E-state index contributed by atoms with van der Waals surface area (Å²) in [7, 11) is -3.33. The van der Waals surface area contributed by atoms with Crippen LogP contribution in [-0.4, -0.2) is 31.8 Å². The minimum atomic E-state index is -3.33. The average molecular weight is 318 g/mol. The molecule has 2 rings (SSSR count). The zero-order chi connectivity index (χ0) is 16.0. The molecule has 8 heteroatoms. The van der Waals surface area contributed by atoms with Crippen LogP contribution < -0.4 is 10.1 Å². The maximum absolute atomic E-state index is 11.7. The van der Waals surface area contributed by atoms with Crippen molar-refractivity contribution < 1.29 is 13.2 Å². The molecule has 2 aromatic rings. The molecule has 7 nitrogen and oxygen atoms in total. The molecule has 1 amide bonds. The van der Waals surface area contributed by atoms with E-state index in [2.05, 4.69) is 20.2 Å². The van der Waals surface area contributed by atoms with Gasteiger partial charge in [0.15, 0.2) is 0 Å². The second kappa shape index (κ2) is 6.81. The molecule has 1 aromatic heterocycles. The number of hydrogen-bond acceptors (Lipinski definition) is 5. The molecule has 0 saturated carbocycles. The number of sulfonamides is 1. The van der Waals surface area contributed by atoms with Gasteiger partial charge in [-0.15, -0.1) is 0 Å². The van der Waals surface area contributed by atoms with Crippen molar-refractivity contribution in [3.05, 3.63) is 59.9 Å². The Bertz CT molecular complexity index is 789. The number of anilines is 1. The Balaban J connectivity index is 2.02. The van der Waals surface area contributed by atoms with E-state index in [1.54, 1.807) is 36.4 Å². The third kappa shape index (κ3) is 4.98. The normalized spacial score (nSPS) is 11.3. The van der Waals surface area contributed by atoms with Crippen LogP contribution in [0, 0.1) is 0 Å². The first-order chi connectivity index (χ1) is 10.4. The number of amides is 1. The number of pyridine rings is 1. The van der Waals surface area contributed by atoms with Gasteiger partial charge in [0.25, 0.3) is 5.91 Å². The Kier molecular flexibility index (Phi) is 4.84. The summed E-state index contributed by atoms with van der Waals surface area (Å²) >= 11 is 0. The van der Waals surface area contributed by atoms with Crippen LogP contribution in [0.5, 0.6) is 0 Å². The molecular weight excluding hydrogens is 304 g/mol. The highest BCUT2D eigenvalue weighted by Crippen LogP contribution is 2.10. The first-order valence-electron chi connectivity index (χ1n) is 6.25. The third-order valence-corrected chi connectivity index (χ3v) is 3.12. The van der Waals surface area contributed by atoms with Gasteiger partial charge in [0.1, 0.15) is 0 Å². The lowest BCUT2D eigenvalue weighted by atomic mass is 10.2. The molecule has 2 N–H and O–H groups in total. The summed E-state index contributed by atoms with van der Waals surface area (Å²) in [6, 6.07) is 9.77. The van der Waals surface area contributed by atoms with Crippen molar-refractivity contribution in [3.63, 3.8) is 0 Å². The van der Waals surface area contributed by atoms with Gasteiger partial charge in [-0.1, -0.05) is 12.1 Å². The standard InChI is InChI=1S/C14H14N4O3S/c1-22(20,21)18-13-4-2-3-11(9-13)10-16-17-14(19)12-5-7-15-8-6-12/h2-10,18H,1H3,(H,17,19)/b16-10-. The maximum Gasteiger partial charge on any atom is 0.271 e. The highest BCUT2D eigenvalue weighted by molar-refractivity contribution is 7.92. The number of hydrogen-bond donors (Lipinski definition) is 2.